The van der Waals surface area contributed by atoms with Crippen molar-refractivity contribution in [2.24, 2.45) is 0 Å². The molecule has 0 amide bonds. The van der Waals surface area contributed by atoms with Crippen LogP contribution in [0.4, 0.5) is 0 Å². The summed E-state index contributed by atoms with van der Waals surface area (Å²) in [5.74, 6) is 0. The number of hydrogen-bond acceptors (Lipinski definition) is 2. The quantitative estimate of drug-likeness (QED) is 0.887. The van der Waals surface area contributed by atoms with Gasteiger partial charge in [-0.1, -0.05) is 0 Å². The molecule has 0 aliphatic heterocycles. The van der Waals surface area contributed by atoms with Gasteiger partial charge in [0.1, 0.15) is 0 Å². The fourth-order valence-corrected chi connectivity index (χ4v) is 6.74. The molecule has 2 aliphatic carbocycles. The van der Waals surface area contributed by atoms with E-state index >= 15 is 0 Å². The van der Waals surface area contributed by atoms with E-state index in [0.717, 1.165) is 6.42 Å². The summed E-state index contributed by atoms with van der Waals surface area (Å²) in [6.07, 6.45) is 10.3. The van der Waals surface area contributed by atoms with Crippen molar-refractivity contribution in [2.75, 3.05) is 14.1 Å². The number of fused-ring (bicyclic) bond motifs is 1. The van der Waals surface area contributed by atoms with Crippen molar-refractivity contribution >= 4 is 5.70 Å². The third-order valence-electron chi connectivity index (χ3n) is 3.80. The van der Waals surface area contributed by atoms with E-state index in [4.69, 9.17) is 0 Å². The summed E-state index contributed by atoms with van der Waals surface area (Å²) in [5.41, 5.74) is 4.06. The molecule has 2 nitrogen and oxygen atoms in total. The molecule has 0 heterocycles. The molecule has 1 unspecified atom stereocenters. The Morgan fingerprint density at radius 3 is 2.74 bits per heavy atom. The Balaban J connectivity index is 2.03. The molecule has 1 aromatic carbocycles. The molecule has 0 spiro atoms. The maximum absolute atomic E-state index is 3.62. The first-order chi connectivity index (χ1) is 9.29. The van der Waals surface area contributed by atoms with Crippen LogP contribution in [0.15, 0.2) is 51.9 Å². The number of rotatable bonds is 4. The van der Waals surface area contributed by atoms with Gasteiger partial charge >= 0.3 is 126 Å². The topological polar surface area (TPSA) is 24.1 Å². The maximum atomic E-state index is 3.62. The van der Waals surface area contributed by atoms with E-state index in [2.05, 4.69) is 66.3 Å². The normalized spacial score (nSPS) is 23.9. The minimum absolute atomic E-state index is 0.0934. The molecule has 1 aromatic rings. The van der Waals surface area contributed by atoms with Crippen LogP contribution in [0.2, 0.25) is 0 Å². The van der Waals surface area contributed by atoms with E-state index in [9.17, 15) is 0 Å². The Hall–Kier alpha value is -0.917. The number of hydrogen-bond donors (Lipinski definition) is 2. The molecular weight excluding hydrogens is 311 g/mol. The van der Waals surface area contributed by atoms with Gasteiger partial charge in [0, 0.05) is 0 Å². The fourth-order valence-electron chi connectivity index (χ4n) is 2.81. The first-order valence-corrected chi connectivity index (χ1v) is 9.08. The van der Waals surface area contributed by atoms with E-state index in [-0.39, 0.29) is 3.25 Å². The molecule has 96 valence electrons. The molecule has 0 bridgehead atoms. The molecule has 0 saturated heterocycles. The second-order valence-corrected chi connectivity index (χ2v) is 8.99. The van der Waals surface area contributed by atoms with Gasteiger partial charge in [0.2, 0.25) is 0 Å². The van der Waals surface area contributed by atoms with Gasteiger partial charge in [-0.05, 0) is 0 Å². The van der Waals surface area contributed by atoms with E-state index in [1.165, 1.54) is 16.8 Å². The van der Waals surface area contributed by atoms with Gasteiger partial charge in [-0.25, -0.2) is 0 Å². The average molecular weight is 330 g/mol. The predicted octanol–water partition coefficient (Wildman–Crippen LogP) is 2.56. The molecule has 19 heavy (non-hydrogen) atoms. The zero-order valence-electron chi connectivity index (χ0n) is 11.3. The van der Waals surface area contributed by atoms with Crippen LogP contribution in [-0.4, -0.2) is 14.1 Å². The molecule has 3 rings (SSSR count). The van der Waals surface area contributed by atoms with Gasteiger partial charge in [0.25, 0.3) is 0 Å². The zero-order valence-corrected chi connectivity index (χ0v) is 13.8. The van der Waals surface area contributed by atoms with Crippen LogP contribution in [-0.2, 0) is 26.5 Å². The first-order valence-electron chi connectivity index (χ1n) is 6.62. The summed E-state index contributed by atoms with van der Waals surface area (Å²) in [6.45, 7) is 0. The van der Waals surface area contributed by atoms with Gasteiger partial charge < -0.3 is 0 Å². The molecule has 0 aromatic heterocycles. The molecule has 1 atom stereocenters. The van der Waals surface area contributed by atoms with Crippen molar-refractivity contribution in [3.63, 3.8) is 0 Å². The molecule has 3 heteroatoms. The van der Waals surface area contributed by atoms with Crippen molar-refractivity contribution in [3.8, 4) is 0 Å². The number of allylic oxidation sites excluding steroid dienone is 4. The third kappa shape index (κ3) is 2.19. The van der Waals surface area contributed by atoms with Gasteiger partial charge in [0.15, 0.2) is 0 Å². The van der Waals surface area contributed by atoms with Crippen LogP contribution in [0.25, 0.3) is 5.70 Å². The first kappa shape index (κ1) is 13.1. The van der Waals surface area contributed by atoms with Crippen molar-refractivity contribution < 1.29 is 23.2 Å². The minimum atomic E-state index is -0.746. The summed E-state index contributed by atoms with van der Waals surface area (Å²) in [5, 5.41) is 6.96. The third-order valence-corrected chi connectivity index (χ3v) is 8.10. The van der Waals surface area contributed by atoms with E-state index in [1.54, 1.807) is 3.28 Å². The van der Waals surface area contributed by atoms with Crippen LogP contribution >= 0.6 is 0 Å². The number of nitrogens with one attached hydrogen (secondary N) is 2. The summed E-state index contributed by atoms with van der Waals surface area (Å²) in [4.78, 5) is 0. The fraction of sp³-hybridized carbons (Fsp3) is 0.250. The van der Waals surface area contributed by atoms with Crippen LogP contribution in [0.3, 0.4) is 0 Å². The molecule has 0 radical (unpaired) electrons. The van der Waals surface area contributed by atoms with Crippen LogP contribution in [0.1, 0.15) is 17.5 Å². The zero-order chi connectivity index (χ0) is 13.3. The molecular formula is C16H18N2Zr. The number of benzene rings is 1. The number of likely N-dealkylation sites (N-methyl/N-ethyl adjacent to an activating group) is 1. The Kier molecular flexibility index (Phi) is 3.60. The van der Waals surface area contributed by atoms with Crippen molar-refractivity contribution in [1.82, 2.24) is 10.6 Å². The van der Waals surface area contributed by atoms with E-state index in [0.29, 0.717) is 0 Å². The van der Waals surface area contributed by atoms with Crippen molar-refractivity contribution in [1.29, 1.82) is 0 Å². The Morgan fingerprint density at radius 2 is 2.05 bits per heavy atom. The standard InChI is InChI=1S/C11H13N2.C5H5.Zr/c1-12-10-7-11(13-2)9-6-4-3-5-8(9)10;1-2-4-5-3-1;/h3-7,12-13H,1-2H3;1-3H,4H2;. The summed E-state index contributed by atoms with van der Waals surface area (Å²) >= 11 is -0.746. The van der Waals surface area contributed by atoms with Gasteiger partial charge in [-0.15, -0.1) is 0 Å². The monoisotopic (exact) mass is 328 g/mol. The van der Waals surface area contributed by atoms with Gasteiger partial charge in [-0.2, -0.15) is 0 Å². The van der Waals surface area contributed by atoms with Gasteiger partial charge in [0.05, 0.1) is 0 Å². The van der Waals surface area contributed by atoms with E-state index < -0.39 is 23.2 Å². The Bertz CT molecular complexity index is 586. The molecule has 2 aliphatic rings. The Morgan fingerprint density at radius 1 is 1.21 bits per heavy atom. The summed E-state index contributed by atoms with van der Waals surface area (Å²) < 4.78 is 1.75. The van der Waals surface area contributed by atoms with Crippen molar-refractivity contribution in [3.05, 3.63) is 63.0 Å². The summed E-state index contributed by atoms with van der Waals surface area (Å²) in [6, 6.07) is 8.77. The SMILES string of the molecule is CNC1=C[C](NC)([Zr][C]2=CC=CC2)c2ccccc21. The van der Waals surface area contributed by atoms with Crippen LogP contribution < -0.4 is 10.6 Å². The molecule has 2 N–H and O–H groups in total. The second kappa shape index (κ2) is 5.22. The van der Waals surface area contributed by atoms with Crippen LogP contribution in [0, 0.1) is 0 Å². The average Bonchev–Trinajstić information content (AvgIpc) is 3.06. The predicted molar refractivity (Wildman–Crippen MR) is 76.1 cm³/mol. The van der Waals surface area contributed by atoms with Crippen LogP contribution in [0.5, 0.6) is 0 Å². The van der Waals surface area contributed by atoms with E-state index in [1.807, 2.05) is 7.05 Å². The summed E-state index contributed by atoms with van der Waals surface area (Å²) in [7, 11) is 4.10. The van der Waals surface area contributed by atoms with Gasteiger partial charge in [-0.3, -0.25) is 0 Å². The molecule has 0 fully saturated rings. The second-order valence-electron chi connectivity index (χ2n) is 4.86. The molecule has 0 saturated carbocycles. The Labute approximate surface area is 126 Å². The van der Waals surface area contributed by atoms with Crippen molar-refractivity contribution in [2.45, 2.75) is 9.67 Å².